The van der Waals surface area contributed by atoms with E-state index < -0.39 is 0 Å². The van der Waals surface area contributed by atoms with Crippen LogP contribution >= 0.6 is 0 Å². The molecule has 0 spiro atoms. The van der Waals surface area contributed by atoms with Crippen LogP contribution in [0.4, 0.5) is 5.69 Å². The normalized spacial score (nSPS) is 11.0. The summed E-state index contributed by atoms with van der Waals surface area (Å²) in [6.45, 7) is 0. The smallest absolute Gasteiger partial charge is 0.276 e. The van der Waals surface area contributed by atoms with Gasteiger partial charge in [-0.15, -0.1) is 0 Å². The van der Waals surface area contributed by atoms with E-state index in [4.69, 9.17) is 0 Å². The Morgan fingerprint density at radius 3 is 2.65 bits per heavy atom. The third-order valence-electron chi connectivity index (χ3n) is 2.78. The predicted molar refractivity (Wildman–Crippen MR) is 80.0 cm³/mol. The van der Waals surface area contributed by atoms with Crippen molar-refractivity contribution in [2.75, 3.05) is 5.43 Å². The first-order valence-corrected chi connectivity index (χ1v) is 6.16. The lowest BCUT2D eigenvalue weighted by Crippen LogP contribution is -2.15. The van der Waals surface area contributed by atoms with Gasteiger partial charge in [0, 0.05) is 0 Å². The van der Waals surface area contributed by atoms with Crippen LogP contribution in [0.15, 0.2) is 64.5 Å². The lowest BCUT2D eigenvalue weighted by molar-refractivity contribution is 1.19. The Morgan fingerprint density at radius 1 is 1.05 bits per heavy atom. The minimum atomic E-state index is -0.262. The highest BCUT2D eigenvalue weighted by Crippen LogP contribution is 2.06. The number of hydrogen-bond acceptors (Lipinski definition) is 4. The van der Waals surface area contributed by atoms with Gasteiger partial charge in [0.2, 0.25) is 0 Å². The highest BCUT2D eigenvalue weighted by atomic mass is 16.1. The molecule has 0 amide bonds. The van der Waals surface area contributed by atoms with E-state index in [1.54, 1.807) is 0 Å². The van der Waals surface area contributed by atoms with Crippen LogP contribution in [0.3, 0.4) is 0 Å². The molecule has 0 unspecified atom stereocenters. The molecule has 98 valence electrons. The van der Waals surface area contributed by atoms with Gasteiger partial charge in [-0.1, -0.05) is 30.3 Å². The highest BCUT2D eigenvalue weighted by molar-refractivity contribution is 5.82. The summed E-state index contributed by atoms with van der Waals surface area (Å²) < 4.78 is 0. The monoisotopic (exact) mass is 264 g/mol. The van der Waals surface area contributed by atoms with Crippen LogP contribution in [0.5, 0.6) is 0 Å². The summed E-state index contributed by atoms with van der Waals surface area (Å²) in [5, 5.41) is 4.02. The summed E-state index contributed by atoms with van der Waals surface area (Å²) in [6.07, 6.45) is 1.41. The maximum atomic E-state index is 11.8. The van der Waals surface area contributed by atoms with Crippen LogP contribution in [0.1, 0.15) is 5.69 Å². The molecule has 0 aliphatic rings. The molecule has 2 aromatic carbocycles. The molecule has 1 aromatic heterocycles. The fourth-order valence-corrected chi connectivity index (χ4v) is 1.81. The second-order valence-corrected chi connectivity index (χ2v) is 4.20. The van der Waals surface area contributed by atoms with Crippen molar-refractivity contribution >= 4 is 22.9 Å². The molecule has 0 fully saturated rings. The minimum Gasteiger partial charge on any atom is -0.319 e. The molecule has 3 aromatic rings. The van der Waals surface area contributed by atoms with E-state index in [1.165, 1.54) is 6.21 Å². The first-order valence-electron chi connectivity index (χ1n) is 6.16. The topological polar surface area (TPSA) is 70.1 Å². The first-order chi connectivity index (χ1) is 9.83. The molecule has 20 heavy (non-hydrogen) atoms. The first kappa shape index (κ1) is 12.1. The average Bonchev–Trinajstić information content (AvgIpc) is 2.49. The van der Waals surface area contributed by atoms with E-state index in [2.05, 4.69) is 20.5 Å². The number of nitrogens with one attached hydrogen (secondary N) is 2. The number of hydrazone groups is 1. The number of fused-ring (bicyclic) bond motifs is 1. The number of aromatic nitrogens is 2. The molecule has 0 bridgehead atoms. The van der Waals surface area contributed by atoms with Crippen molar-refractivity contribution in [3.05, 3.63) is 70.6 Å². The van der Waals surface area contributed by atoms with Crippen molar-refractivity contribution in [1.82, 2.24) is 9.97 Å². The molecule has 0 saturated heterocycles. The Bertz CT molecular complexity index is 809. The fourth-order valence-electron chi connectivity index (χ4n) is 1.81. The molecular formula is C15H12N4O. The van der Waals surface area contributed by atoms with Crippen molar-refractivity contribution < 1.29 is 0 Å². The minimum absolute atomic E-state index is 0.262. The maximum Gasteiger partial charge on any atom is 0.276 e. The Morgan fingerprint density at radius 2 is 1.80 bits per heavy atom. The van der Waals surface area contributed by atoms with Gasteiger partial charge in [-0.2, -0.15) is 5.10 Å². The second-order valence-electron chi connectivity index (χ2n) is 4.20. The van der Waals surface area contributed by atoms with E-state index in [-0.39, 0.29) is 11.3 Å². The number of anilines is 1. The maximum absolute atomic E-state index is 11.8. The van der Waals surface area contributed by atoms with Crippen molar-refractivity contribution in [3.63, 3.8) is 0 Å². The van der Waals surface area contributed by atoms with Gasteiger partial charge < -0.3 is 4.98 Å². The van der Waals surface area contributed by atoms with Gasteiger partial charge in [-0.05, 0) is 24.3 Å². The lowest BCUT2D eigenvalue weighted by atomic mass is 10.3. The van der Waals surface area contributed by atoms with Crippen molar-refractivity contribution in [2.45, 2.75) is 0 Å². The van der Waals surface area contributed by atoms with Crippen LogP contribution < -0.4 is 11.0 Å². The largest absolute Gasteiger partial charge is 0.319 e. The quantitative estimate of drug-likeness (QED) is 0.563. The van der Waals surface area contributed by atoms with Crippen LogP contribution in [-0.4, -0.2) is 16.2 Å². The fraction of sp³-hybridized carbons (Fsp3) is 0. The summed E-state index contributed by atoms with van der Waals surface area (Å²) in [5.41, 5.74) is 5.15. The van der Waals surface area contributed by atoms with E-state index in [9.17, 15) is 4.79 Å². The summed E-state index contributed by atoms with van der Waals surface area (Å²) in [6, 6.07) is 16.9. The lowest BCUT2D eigenvalue weighted by Gasteiger charge is -1.99. The SMILES string of the molecule is O=c1[nH]c2ccccc2nc1C=NNc1ccccc1. The number of rotatable bonds is 3. The standard InChI is InChI=1S/C15H12N4O/c20-15-14(10-16-19-11-6-2-1-3-7-11)17-12-8-4-5-9-13(12)18-15/h1-10,19H,(H,18,20). The molecule has 1 heterocycles. The Hall–Kier alpha value is -2.95. The van der Waals surface area contributed by atoms with Crippen molar-refractivity contribution in [3.8, 4) is 0 Å². The number of hydrogen-bond donors (Lipinski definition) is 2. The summed E-state index contributed by atoms with van der Waals surface area (Å²) in [4.78, 5) is 18.9. The average molecular weight is 264 g/mol. The van der Waals surface area contributed by atoms with Crippen molar-refractivity contribution in [1.29, 1.82) is 0 Å². The number of aromatic amines is 1. The molecule has 0 aliphatic carbocycles. The summed E-state index contributed by atoms with van der Waals surface area (Å²) >= 11 is 0. The van der Waals surface area contributed by atoms with Gasteiger partial charge in [0.1, 0.15) is 5.69 Å². The van der Waals surface area contributed by atoms with Gasteiger partial charge in [-0.3, -0.25) is 10.2 Å². The molecule has 0 saturated carbocycles. The molecule has 5 nitrogen and oxygen atoms in total. The molecule has 2 N–H and O–H groups in total. The van der Waals surface area contributed by atoms with Crippen LogP contribution in [0, 0.1) is 0 Å². The number of H-pyrrole nitrogens is 1. The van der Waals surface area contributed by atoms with E-state index in [0.29, 0.717) is 5.52 Å². The molecule has 0 radical (unpaired) electrons. The molecule has 0 atom stereocenters. The molecule has 3 rings (SSSR count). The number of nitrogens with zero attached hydrogens (tertiary/aromatic N) is 2. The van der Waals surface area contributed by atoms with Crippen LogP contribution in [0.2, 0.25) is 0 Å². The Labute approximate surface area is 115 Å². The zero-order chi connectivity index (χ0) is 13.8. The zero-order valence-corrected chi connectivity index (χ0v) is 10.6. The van der Waals surface area contributed by atoms with E-state index in [1.807, 2.05) is 54.6 Å². The highest BCUT2D eigenvalue weighted by Gasteiger charge is 2.01. The Balaban J connectivity index is 1.87. The summed E-state index contributed by atoms with van der Waals surface area (Å²) in [7, 11) is 0. The third kappa shape index (κ3) is 2.56. The number of benzene rings is 2. The van der Waals surface area contributed by atoms with Gasteiger partial charge in [0.25, 0.3) is 5.56 Å². The van der Waals surface area contributed by atoms with Crippen LogP contribution in [0.25, 0.3) is 11.0 Å². The zero-order valence-electron chi connectivity index (χ0n) is 10.6. The second kappa shape index (κ2) is 5.36. The molecule has 5 heteroatoms. The Kier molecular flexibility index (Phi) is 3.24. The van der Waals surface area contributed by atoms with Crippen molar-refractivity contribution in [2.24, 2.45) is 5.10 Å². The van der Waals surface area contributed by atoms with Gasteiger partial charge in [-0.25, -0.2) is 4.98 Å². The van der Waals surface area contributed by atoms with Crippen LogP contribution in [-0.2, 0) is 0 Å². The summed E-state index contributed by atoms with van der Waals surface area (Å²) in [5.74, 6) is 0. The molecular weight excluding hydrogens is 252 g/mol. The van der Waals surface area contributed by atoms with E-state index in [0.717, 1.165) is 11.2 Å². The third-order valence-corrected chi connectivity index (χ3v) is 2.78. The molecule has 0 aliphatic heterocycles. The van der Waals surface area contributed by atoms with E-state index >= 15 is 0 Å². The van der Waals surface area contributed by atoms with Gasteiger partial charge >= 0.3 is 0 Å². The van der Waals surface area contributed by atoms with Gasteiger partial charge in [0.15, 0.2) is 0 Å². The predicted octanol–water partition coefficient (Wildman–Crippen LogP) is 2.37. The number of para-hydroxylation sites is 3. The van der Waals surface area contributed by atoms with Gasteiger partial charge in [0.05, 0.1) is 22.9 Å².